The molecule has 5 nitrogen and oxygen atoms in total. The number of rotatable bonds is 6. The summed E-state index contributed by atoms with van der Waals surface area (Å²) in [6, 6.07) is 13.3. The summed E-state index contributed by atoms with van der Waals surface area (Å²) >= 11 is 0. The predicted molar refractivity (Wildman–Crippen MR) is 98.5 cm³/mol. The number of nitrogens with zero attached hydrogens (tertiary/aromatic N) is 2. The molecular formula is C21H22N2O3. The lowest BCUT2D eigenvalue weighted by Gasteiger charge is -2.39. The molecule has 5 heteroatoms. The Hall–Kier alpha value is -2.68. The van der Waals surface area contributed by atoms with E-state index in [4.69, 9.17) is 14.2 Å². The van der Waals surface area contributed by atoms with Crippen LogP contribution >= 0.6 is 0 Å². The Kier molecular flexibility index (Phi) is 5.36. The van der Waals surface area contributed by atoms with Gasteiger partial charge in [-0.15, -0.1) is 0 Å². The van der Waals surface area contributed by atoms with Crippen molar-refractivity contribution in [3.05, 3.63) is 65.5 Å². The van der Waals surface area contributed by atoms with E-state index >= 15 is 0 Å². The van der Waals surface area contributed by atoms with Crippen molar-refractivity contribution in [2.75, 3.05) is 13.2 Å². The smallest absolute Gasteiger partial charge is 0.201 e. The average molecular weight is 350 g/mol. The standard InChI is InChI=1S/C21H22N2O3/c1-4-24-20(25-5-2)21(3)13-17(18-8-6-7-11-23-18)16-12-15(14-22)9-10-19(16)26-21/h6-13,20H,4-5H2,1-3H3. The molecule has 1 aliphatic heterocycles. The van der Waals surface area contributed by atoms with E-state index in [-0.39, 0.29) is 0 Å². The second-order valence-electron chi connectivity index (χ2n) is 6.12. The summed E-state index contributed by atoms with van der Waals surface area (Å²) < 4.78 is 17.9. The SMILES string of the molecule is CCOC(OCC)C1(C)C=C(c2ccccn2)c2cc(C#N)ccc2O1. The molecule has 0 saturated carbocycles. The number of fused-ring (bicyclic) bond motifs is 1. The quantitative estimate of drug-likeness (QED) is 0.739. The second kappa shape index (κ2) is 7.69. The molecule has 0 spiro atoms. The number of hydrogen-bond acceptors (Lipinski definition) is 5. The summed E-state index contributed by atoms with van der Waals surface area (Å²) in [4.78, 5) is 4.49. The minimum absolute atomic E-state index is 0.511. The molecule has 1 aromatic heterocycles. The van der Waals surface area contributed by atoms with Gasteiger partial charge in [-0.25, -0.2) is 0 Å². The van der Waals surface area contributed by atoms with Gasteiger partial charge in [0.15, 0.2) is 5.60 Å². The van der Waals surface area contributed by atoms with Crippen LogP contribution in [0.15, 0.2) is 48.7 Å². The zero-order chi connectivity index (χ0) is 18.6. The highest BCUT2D eigenvalue weighted by atomic mass is 16.7. The molecule has 0 bridgehead atoms. The third kappa shape index (κ3) is 3.48. The molecule has 0 fully saturated rings. The molecule has 0 amide bonds. The largest absolute Gasteiger partial charge is 0.477 e. The maximum atomic E-state index is 9.26. The van der Waals surface area contributed by atoms with Gasteiger partial charge < -0.3 is 14.2 Å². The monoisotopic (exact) mass is 350 g/mol. The fraction of sp³-hybridized carbons (Fsp3) is 0.333. The molecule has 0 radical (unpaired) electrons. The van der Waals surface area contributed by atoms with Crippen molar-refractivity contribution in [2.45, 2.75) is 32.7 Å². The van der Waals surface area contributed by atoms with Crippen LogP contribution in [0.25, 0.3) is 5.57 Å². The first kappa shape index (κ1) is 18.1. The van der Waals surface area contributed by atoms with Crippen molar-refractivity contribution < 1.29 is 14.2 Å². The second-order valence-corrected chi connectivity index (χ2v) is 6.12. The predicted octanol–water partition coefficient (Wildman–Crippen LogP) is 3.94. The molecule has 1 unspecified atom stereocenters. The fourth-order valence-corrected chi connectivity index (χ4v) is 3.06. The summed E-state index contributed by atoms with van der Waals surface area (Å²) in [5, 5.41) is 9.26. The van der Waals surface area contributed by atoms with E-state index < -0.39 is 11.9 Å². The lowest BCUT2D eigenvalue weighted by Crippen LogP contribution is -2.48. The zero-order valence-corrected chi connectivity index (χ0v) is 15.2. The first-order valence-electron chi connectivity index (χ1n) is 8.72. The highest BCUT2D eigenvalue weighted by molar-refractivity contribution is 5.83. The lowest BCUT2D eigenvalue weighted by molar-refractivity contribution is -0.204. The van der Waals surface area contributed by atoms with Crippen LogP contribution < -0.4 is 4.74 Å². The first-order valence-corrected chi connectivity index (χ1v) is 8.72. The number of benzene rings is 1. The topological polar surface area (TPSA) is 64.4 Å². The van der Waals surface area contributed by atoms with Gasteiger partial charge in [0.1, 0.15) is 5.75 Å². The van der Waals surface area contributed by atoms with Gasteiger partial charge in [-0.05, 0) is 57.2 Å². The lowest BCUT2D eigenvalue weighted by atomic mass is 9.90. The normalized spacial score (nSPS) is 18.7. The van der Waals surface area contributed by atoms with Crippen LogP contribution in [0.1, 0.15) is 37.6 Å². The zero-order valence-electron chi connectivity index (χ0n) is 15.2. The van der Waals surface area contributed by atoms with Gasteiger partial charge >= 0.3 is 0 Å². The molecule has 0 N–H and O–H groups in total. The molecule has 0 aliphatic carbocycles. The van der Waals surface area contributed by atoms with Crippen molar-refractivity contribution >= 4 is 5.57 Å². The summed E-state index contributed by atoms with van der Waals surface area (Å²) in [6.07, 6.45) is 3.17. The molecular weight excluding hydrogens is 328 g/mol. The molecule has 26 heavy (non-hydrogen) atoms. The van der Waals surface area contributed by atoms with Gasteiger partial charge in [-0.1, -0.05) is 6.07 Å². The Balaban J connectivity index is 2.15. The number of nitriles is 1. The van der Waals surface area contributed by atoms with Crippen LogP contribution in [0, 0.1) is 11.3 Å². The number of hydrogen-bond donors (Lipinski definition) is 0. The highest BCUT2D eigenvalue weighted by Crippen LogP contribution is 2.41. The molecule has 1 atom stereocenters. The van der Waals surface area contributed by atoms with Crippen molar-refractivity contribution in [1.29, 1.82) is 5.26 Å². The van der Waals surface area contributed by atoms with Gasteiger partial charge in [0.25, 0.3) is 0 Å². The van der Waals surface area contributed by atoms with Crippen LogP contribution in [-0.4, -0.2) is 30.1 Å². The summed E-state index contributed by atoms with van der Waals surface area (Å²) in [5.41, 5.74) is 2.30. The fourth-order valence-electron chi connectivity index (χ4n) is 3.06. The number of pyridine rings is 1. The minimum atomic E-state index is -0.819. The van der Waals surface area contributed by atoms with Crippen LogP contribution in [0.3, 0.4) is 0 Å². The van der Waals surface area contributed by atoms with E-state index in [1.165, 1.54) is 0 Å². The van der Waals surface area contributed by atoms with E-state index in [1.54, 1.807) is 12.3 Å². The van der Waals surface area contributed by atoms with Crippen LogP contribution in [0.2, 0.25) is 0 Å². The Morgan fingerprint density at radius 1 is 1.19 bits per heavy atom. The van der Waals surface area contributed by atoms with Crippen LogP contribution in [0.4, 0.5) is 0 Å². The van der Waals surface area contributed by atoms with Crippen molar-refractivity contribution in [1.82, 2.24) is 4.98 Å². The third-order valence-corrected chi connectivity index (χ3v) is 4.20. The Morgan fingerprint density at radius 2 is 1.96 bits per heavy atom. The Labute approximate surface area is 153 Å². The molecule has 0 saturated heterocycles. The third-order valence-electron chi connectivity index (χ3n) is 4.20. The minimum Gasteiger partial charge on any atom is -0.477 e. The molecule has 1 aromatic carbocycles. The van der Waals surface area contributed by atoms with Gasteiger partial charge in [-0.2, -0.15) is 5.26 Å². The molecule has 134 valence electrons. The summed E-state index contributed by atoms with van der Waals surface area (Å²) in [6.45, 7) is 6.81. The molecule has 2 heterocycles. The van der Waals surface area contributed by atoms with E-state index in [0.29, 0.717) is 24.5 Å². The molecule has 1 aliphatic rings. The molecule has 3 rings (SSSR count). The Bertz CT molecular complexity index is 836. The Morgan fingerprint density at radius 3 is 2.58 bits per heavy atom. The van der Waals surface area contributed by atoms with Crippen molar-refractivity contribution in [2.24, 2.45) is 0 Å². The van der Waals surface area contributed by atoms with Crippen molar-refractivity contribution in [3.8, 4) is 11.8 Å². The van der Waals surface area contributed by atoms with Gasteiger partial charge in [0, 0.05) is 30.5 Å². The number of ether oxygens (including phenoxy) is 3. The van der Waals surface area contributed by atoms with Gasteiger partial charge in [-0.3, -0.25) is 4.98 Å². The molecule has 2 aromatic rings. The first-order chi connectivity index (χ1) is 12.6. The maximum absolute atomic E-state index is 9.26. The highest BCUT2D eigenvalue weighted by Gasteiger charge is 2.40. The average Bonchev–Trinajstić information content (AvgIpc) is 2.67. The summed E-state index contributed by atoms with van der Waals surface area (Å²) in [7, 11) is 0. The van der Waals surface area contributed by atoms with Crippen LogP contribution in [0.5, 0.6) is 5.75 Å². The van der Waals surface area contributed by atoms with Gasteiger partial charge in [0.05, 0.1) is 17.3 Å². The van der Waals surface area contributed by atoms with Gasteiger partial charge in [0.2, 0.25) is 6.29 Å². The van der Waals surface area contributed by atoms with E-state index in [1.807, 2.05) is 57.2 Å². The van der Waals surface area contributed by atoms with Crippen molar-refractivity contribution in [3.63, 3.8) is 0 Å². The van der Waals surface area contributed by atoms with E-state index in [2.05, 4.69) is 11.1 Å². The van der Waals surface area contributed by atoms with E-state index in [0.717, 1.165) is 16.8 Å². The van der Waals surface area contributed by atoms with Crippen LogP contribution in [-0.2, 0) is 9.47 Å². The summed E-state index contributed by atoms with van der Waals surface area (Å²) in [5.74, 6) is 0.680. The van der Waals surface area contributed by atoms with E-state index in [9.17, 15) is 5.26 Å². The number of aromatic nitrogens is 1. The maximum Gasteiger partial charge on any atom is 0.201 e.